The lowest BCUT2D eigenvalue weighted by Crippen LogP contribution is -2.48. The summed E-state index contributed by atoms with van der Waals surface area (Å²) < 4.78 is 0. The summed E-state index contributed by atoms with van der Waals surface area (Å²) >= 11 is 0. The van der Waals surface area contributed by atoms with Gasteiger partial charge in [0, 0.05) is 6.04 Å². The lowest BCUT2D eigenvalue weighted by atomic mass is 9.63. The SMILES string of the molecule is CCCNC(C1CCCC1)C1CCCCC1(C)C. The van der Waals surface area contributed by atoms with Crippen LogP contribution in [0.1, 0.15) is 78.6 Å². The zero-order valence-electron chi connectivity index (χ0n) is 12.8. The second-order valence-electron chi connectivity index (χ2n) is 7.37. The van der Waals surface area contributed by atoms with Crippen LogP contribution in [0.4, 0.5) is 0 Å². The zero-order valence-corrected chi connectivity index (χ0v) is 12.8. The van der Waals surface area contributed by atoms with E-state index in [9.17, 15) is 0 Å². The van der Waals surface area contributed by atoms with E-state index in [0.29, 0.717) is 5.41 Å². The summed E-state index contributed by atoms with van der Waals surface area (Å²) in [6, 6.07) is 0.808. The molecule has 0 aromatic carbocycles. The van der Waals surface area contributed by atoms with Crippen LogP contribution in [-0.2, 0) is 0 Å². The van der Waals surface area contributed by atoms with Crippen molar-refractivity contribution in [1.29, 1.82) is 0 Å². The standard InChI is InChI=1S/C17H33N/c1-4-13-18-16(14-9-5-6-10-14)15-11-7-8-12-17(15,2)3/h14-16,18H,4-13H2,1-3H3. The Labute approximate surface area is 114 Å². The summed E-state index contributed by atoms with van der Waals surface area (Å²) in [5.41, 5.74) is 0.562. The number of hydrogen-bond donors (Lipinski definition) is 1. The van der Waals surface area contributed by atoms with E-state index < -0.39 is 0 Å². The predicted molar refractivity (Wildman–Crippen MR) is 79.8 cm³/mol. The highest BCUT2D eigenvalue weighted by molar-refractivity contribution is 4.94. The molecule has 2 atom stereocenters. The second kappa shape index (κ2) is 6.41. The van der Waals surface area contributed by atoms with Gasteiger partial charge in [0.1, 0.15) is 0 Å². The molecule has 2 aliphatic carbocycles. The van der Waals surface area contributed by atoms with Crippen molar-refractivity contribution in [3.05, 3.63) is 0 Å². The third kappa shape index (κ3) is 3.29. The average Bonchev–Trinajstić information content (AvgIpc) is 2.85. The van der Waals surface area contributed by atoms with Crippen LogP contribution in [0.15, 0.2) is 0 Å². The fraction of sp³-hybridized carbons (Fsp3) is 1.00. The summed E-state index contributed by atoms with van der Waals surface area (Å²) in [5, 5.41) is 3.94. The summed E-state index contributed by atoms with van der Waals surface area (Å²) in [6.45, 7) is 8.55. The quantitative estimate of drug-likeness (QED) is 0.743. The number of rotatable bonds is 5. The van der Waals surface area contributed by atoms with Crippen molar-refractivity contribution in [2.75, 3.05) is 6.54 Å². The van der Waals surface area contributed by atoms with E-state index in [1.54, 1.807) is 0 Å². The van der Waals surface area contributed by atoms with Crippen molar-refractivity contribution in [1.82, 2.24) is 5.32 Å². The molecular weight excluding hydrogens is 218 g/mol. The Kier molecular flexibility index (Phi) is 5.12. The van der Waals surface area contributed by atoms with Crippen molar-refractivity contribution in [2.45, 2.75) is 84.6 Å². The lowest BCUT2D eigenvalue weighted by molar-refractivity contribution is 0.0739. The van der Waals surface area contributed by atoms with Gasteiger partial charge in [0.05, 0.1) is 0 Å². The van der Waals surface area contributed by atoms with Crippen LogP contribution in [0.25, 0.3) is 0 Å². The predicted octanol–water partition coefficient (Wildman–Crippen LogP) is 4.76. The molecule has 0 heterocycles. The molecule has 1 nitrogen and oxygen atoms in total. The molecular formula is C17H33N. The van der Waals surface area contributed by atoms with E-state index in [1.165, 1.54) is 64.3 Å². The minimum Gasteiger partial charge on any atom is -0.313 e. The highest BCUT2D eigenvalue weighted by Gasteiger charge is 2.40. The highest BCUT2D eigenvalue weighted by Crippen LogP contribution is 2.46. The van der Waals surface area contributed by atoms with Gasteiger partial charge in [-0.05, 0) is 55.9 Å². The van der Waals surface area contributed by atoms with Crippen molar-refractivity contribution in [2.24, 2.45) is 17.3 Å². The highest BCUT2D eigenvalue weighted by atomic mass is 14.9. The van der Waals surface area contributed by atoms with Crippen LogP contribution in [0.5, 0.6) is 0 Å². The fourth-order valence-electron chi connectivity index (χ4n) is 4.45. The smallest absolute Gasteiger partial charge is 0.0129 e. The molecule has 2 saturated carbocycles. The Morgan fingerprint density at radius 3 is 2.33 bits per heavy atom. The van der Waals surface area contributed by atoms with Crippen molar-refractivity contribution >= 4 is 0 Å². The van der Waals surface area contributed by atoms with E-state index in [-0.39, 0.29) is 0 Å². The first-order valence-corrected chi connectivity index (χ1v) is 8.38. The third-order valence-electron chi connectivity index (χ3n) is 5.56. The Balaban J connectivity index is 2.05. The molecule has 2 unspecified atom stereocenters. The van der Waals surface area contributed by atoms with E-state index >= 15 is 0 Å². The van der Waals surface area contributed by atoms with Gasteiger partial charge in [-0.25, -0.2) is 0 Å². The Morgan fingerprint density at radius 2 is 1.72 bits per heavy atom. The van der Waals surface area contributed by atoms with Crippen LogP contribution in [0, 0.1) is 17.3 Å². The maximum Gasteiger partial charge on any atom is 0.0129 e. The van der Waals surface area contributed by atoms with Gasteiger partial charge in [0.2, 0.25) is 0 Å². The number of hydrogen-bond acceptors (Lipinski definition) is 1. The Hall–Kier alpha value is -0.0400. The molecule has 0 aromatic heterocycles. The largest absolute Gasteiger partial charge is 0.313 e. The topological polar surface area (TPSA) is 12.0 Å². The van der Waals surface area contributed by atoms with E-state index in [2.05, 4.69) is 26.1 Å². The van der Waals surface area contributed by atoms with Gasteiger partial charge in [0.25, 0.3) is 0 Å². The van der Waals surface area contributed by atoms with Gasteiger partial charge in [-0.15, -0.1) is 0 Å². The minimum atomic E-state index is 0.562. The molecule has 0 bridgehead atoms. The first-order valence-electron chi connectivity index (χ1n) is 8.38. The maximum atomic E-state index is 3.94. The van der Waals surface area contributed by atoms with E-state index in [0.717, 1.165) is 17.9 Å². The van der Waals surface area contributed by atoms with Crippen LogP contribution in [-0.4, -0.2) is 12.6 Å². The van der Waals surface area contributed by atoms with Gasteiger partial charge in [-0.1, -0.05) is 46.5 Å². The molecule has 0 amide bonds. The summed E-state index contributed by atoms with van der Waals surface area (Å²) in [4.78, 5) is 0. The molecule has 18 heavy (non-hydrogen) atoms. The first kappa shape index (κ1) is 14.4. The van der Waals surface area contributed by atoms with Gasteiger partial charge >= 0.3 is 0 Å². The number of nitrogens with one attached hydrogen (secondary N) is 1. The fourth-order valence-corrected chi connectivity index (χ4v) is 4.45. The van der Waals surface area contributed by atoms with Crippen LogP contribution in [0.2, 0.25) is 0 Å². The van der Waals surface area contributed by atoms with Gasteiger partial charge in [0.15, 0.2) is 0 Å². The molecule has 106 valence electrons. The molecule has 0 aliphatic heterocycles. The molecule has 0 spiro atoms. The van der Waals surface area contributed by atoms with Gasteiger partial charge in [-0.2, -0.15) is 0 Å². The minimum absolute atomic E-state index is 0.562. The van der Waals surface area contributed by atoms with Crippen molar-refractivity contribution < 1.29 is 0 Å². The van der Waals surface area contributed by atoms with Gasteiger partial charge < -0.3 is 5.32 Å². The van der Waals surface area contributed by atoms with Crippen molar-refractivity contribution in [3.63, 3.8) is 0 Å². The average molecular weight is 251 g/mol. The third-order valence-corrected chi connectivity index (χ3v) is 5.56. The first-order chi connectivity index (χ1) is 8.65. The summed E-state index contributed by atoms with van der Waals surface area (Å²) in [6.07, 6.45) is 13.0. The lowest BCUT2D eigenvalue weighted by Gasteiger charge is -2.45. The van der Waals surface area contributed by atoms with E-state index in [1.807, 2.05) is 0 Å². The molecule has 1 heteroatoms. The van der Waals surface area contributed by atoms with Gasteiger partial charge in [-0.3, -0.25) is 0 Å². The molecule has 0 aromatic rings. The molecule has 2 aliphatic rings. The van der Waals surface area contributed by atoms with Crippen LogP contribution < -0.4 is 5.32 Å². The Morgan fingerprint density at radius 1 is 1.06 bits per heavy atom. The summed E-state index contributed by atoms with van der Waals surface area (Å²) in [5.74, 6) is 1.89. The normalized spacial score (nSPS) is 30.5. The Bertz CT molecular complexity index is 240. The molecule has 1 N–H and O–H groups in total. The monoisotopic (exact) mass is 251 g/mol. The zero-order chi connectivity index (χ0) is 13.0. The summed E-state index contributed by atoms with van der Waals surface area (Å²) in [7, 11) is 0. The maximum absolute atomic E-state index is 3.94. The van der Waals surface area contributed by atoms with Crippen molar-refractivity contribution in [3.8, 4) is 0 Å². The molecule has 2 fully saturated rings. The molecule has 2 rings (SSSR count). The molecule has 0 saturated heterocycles. The van der Waals surface area contributed by atoms with Crippen LogP contribution >= 0.6 is 0 Å². The second-order valence-corrected chi connectivity index (χ2v) is 7.37. The molecule has 0 radical (unpaired) electrons. The van der Waals surface area contributed by atoms with E-state index in [4.69, 9.17) is 0 Å². The van der Waals surface area contributed by atoms with Crippen LogP contribution in [0.3, 0.4) is 0 Å².